The molecule has 0 rings (SSSR count). The van der Waals surface area contributed by atoms with Gasteiger partial charge in [-0.25, -0.2) is 0 Å². The van der Waals surface area contributed by atoms with Crippen molar-refractivity contribution in [1.82, 2.24) is 0 Å². The molecule has 0 radical (unpaired) electrons. The molecule has 0 aliphatic rings. The third kappa shape index (κ3) is 8.38. The molecule has 0 aromatic carbocycles. The minimum atomic E-state index is -4.22. The van der Waals surface area contributed by atoms with E-state index in [0.717, 1.165) is 12.8 Å². The van der Waals surface area contributed by atoms with Crippen molar-refractivity contribution in [2.45, 2.75) is 33.1 Å². The van der Waals surface area contributed by atoms with Crippen LogP contribution in [0.3, 0.4) is 0 Å². The van der Waals surface area contributed by atoms with Crippen molar-refractivity contribution in [3.8, 4) is 11.8 Å². The van der Waals surface area contributed by atoms with Gasteiger partial charge in [0.2, 0.25) is 0 Å². The minimum absolute atomic E-state index is 0.374. The molecule has 4 nitrogen and oxygen atoms in total. The molecule has 0 amide bonds. The summed E-state index contributed by atoms with van der Waals surface area (Å²) in [4.78, 5) is 28.5. The van der Waals surface area contributed by atoms with Crippen molar-refractivity contribution in [3.05, 3.63) is 0 Å². The van der Waals surface area contributed by atoms with Crippen molar-refractivity contribution >= 4 is 13.4 Å². The summed E-state index contributed by atoms with van der Waals surface area (Å²) in [6.07, 6.45) is 1.46. The predicted octanol–water partition coefficient (Wildman–Crippen LogP) is 1.56. The Morgan fingerprint density at radius 1 is 1.40 bits per heavy atom. The van der Waals surface area contributed by atoms with E-state index in [0.29, 0.717) is 6.42 Å². The van der Waals surface area contributed by atoms with Crippen LogP contribution in [0, 0.1) is 17.8 Å². The van der Waals surface area contributed by atoms with E-state index in [1.807, 2.05) is 6.92 Å². The van der Waals surface area contributed by atoms with E-state index in [9.17, 15) is 9.36 Å². The molecule has 0 aromatic rings. The molecule has 0 aliphatic heterocycles. The first-order chi connectivity index (χ1) is 6.87. The van der Waals surface area contributed by atoms with Gasteiger partial charge in [-0.3, -0.25) is 9.36 Å². The summed E-state index contributed by atoms with van der Waals surface area (Å²) in [7, 11) is -4.22. The lowest BCUT2D eigenvalue weighted by atomic mass is 10.0. The largest absolute Gasteiger partial charge is 0.332 e. The third-order valence-electron chi connectivity index (χ3n) is 1.82. The van der Waals surface area contributed by atoms with Crippen LogP contribution in [-0.2, 0) is 9.36 Å². The van der Waals surface area contributed by atoms with E-state index in [1.165, 1.54) is 0 Å². The summed E-state index contributed by atoms with van der Waals surface area (Å²) < 4.78 is 10.6. The maximum Gasteiger partial charge on any atom is 0.332 e. The second-order valence-electron chi connectivity index (χ2n) is 3.50. The number of unbranched alkanes of at least 4 members (excludes halogenated alkanes) is 1. The zero-order valence-corrected chi connectivity index (χ0v) is 9.96. The number of carbonyl (C=O) groups is 1. The molecule has 0 fully saturated rings. The Morgan fingerprint density at radius 3 is 2.47 bits per heavy atom. The highest BCUT2D eigenvalue weighted by Crippen LogP contribution is 2.34. The lowest BCUT2D eigenvalue weighted by Crippen LogP contribution is -2.14. The zero-order valence-electron chi connectivity index (χ0n) is 9.06. The molecule has 0 bridgehead atoms. The lowest BCUT2D eigenvalue weighted by molar-refractivity contribution is -0.119. The van der Waals surface area contributed by atoms with Crippen LogP contribution < -0.4 is 0 Å². The van der Waals surface area contributed by atoms with Crippen molar-refractivity contribution in [2.75, 3.05) is 6.16 Å². The normalized spacial score (nSPS) is 12.8. The molecule has 1 unspecified atom stereocenters. The molecule has 0 heterocycles. The van der Waals surface area contributed by atoms with Gasteiger partial charge in [0.25, 0.3) is 0 Å². The van der Waals surface area contributed by atoms with Gasteiger partial charge in [-0.05, 0) is 6.42 Å². The number of carbonyl (C=O) groups excluding carboxylic acids is 1. The fourth-order valence-electron chi connectivity index (χ4n) is 0.911. The second-order valence-corrected chi connectivity index (χ2v) is 5.14. The molecule has 1 atom stereocenters. The number of hydrogen-bond donors (Lipinski definition) is 2. The number of rotatable bonds is 5. The maximum absolute atomic E-state index is 11.3. The Balaban J connectivity index is 4.02. The van der Waals surface area contributed by atoms with Gasteiger partial charge >= 0.3 is 7.60 Å². The lowest BCUT2D eigenvalue weighted by Gasteiger charge is -2.07. The molecule has 0 aromatic heterocycles. The molecular weight excluding hydrogens is 215 g/mol. The Hall–Kier alpha value is -0.620. The molecule has 0 aliphatic carbocycles. The van der Waals surface area contributed by atoms with Crippen LogP contribution in [0.4, 0.5) is 0 Å². The van der Waals surface area contributed by atoms with E-state index < -0.39 is 25.5 Å². The van der Waals surface area contributed by atoms with E-state index in [4.69, 9.17) is 9.79 Å². The Morgan fingerprint density at radius 2 is 2.00 bits per heavy atom. The standard InChI is InChI=1S/C10H17O4P/c1-3-4-5-6-7-9(2)10(11)8-15(12,13)14/h9H,3-4,7-8H2,1-2H3,(H2,12,13,14). The van der Waals surface area contributed by atoms with Gasteiger partial charge in [-0.15, -0.1) is 11.8 Å². The first-order valence-corrected chi connectivity index (χ1v) is 6.69. The van der Waals surface area contributed by atoms with Gasteiger partial charge in [0.15, 0.2) is 0 Å². The summed E-state index contributed by atoms with van der Waals surface area (Å²) in [5, 5.41) is 0. The Bertz CT molecular complexity index is 307. The van der Waals surface area contributed by atoms with Crippen molar-refractivity contribution in [2.24, 2.45) is 5.92 Å². The number of ketones is 1. The highest BCUT2D eigenvalue weighted by molar-refractivity contribution is 7.52. The van der Waals surface area contributed by atoms with Crippen LogP contribution >= 0.6 is 7.60 Å². The van der Waals surface area contributed by atoms with Crippen molar-refractivity contribution < 1.29 is 19.1 Å². The van der Waals surface area contributed by atoms with E-state index >= 15 is 0 Å². The van der Waals surface area contributed by atoms with Gasteiger partial charge in [-0.2, -0.15) is 0 Å². The molecule has 2 N–H and O–H groups in total. The van der Waals surface area contributed by atoms with Crippen LogP contribution in [0.2, 0.25) is 0 Å². The van der Waals surface area contributed by atoms with Crippen molar-refractivity contribution in [3.63, 3.8) is 0 Å². The smallest absolute Gasteiger partial charge is 0.324 e. The van der Waals surface area contributed by atoms with E-state index in [1.54, 1.807) is 6.92 Å². The molecule has 0 spiro atoms. The quantitative estimate of drug-likeness (QED) is 0.557. The highest BCUT2D eigenvalue weighted by atomic mass is 31.2. The highest BCUT2D eigenvalue weighted by Gasteiger charge is 2.22. The fraction of sp³-hybridized carbons (Fsp3) is 0.700. The summed E-state index contributed by atoms with van der Waals surface area (Å²) in [6.45, 7) is 3.65. The minimum Gasteiger partial charge on any atom is -0.324 e. The number of Topliss-reactive ketones (excluding diaryl/α,β-unsaturated/α-hetero) is 1. The average Bonchev–Trinajstić information content (AvgIpc) is 2.09. The van der Waals surface area contributed by atoms with Gasteiger partial charge in [0.1, 0.15) is 11.9 Å². The third-order valence-corrected chi connectivity index (χ3v) is 2.54. The molecular formula is C10H17O4P. The van der Waals surface area contributed by atoms with E-state index in [-0.39, 0.29) is 0 Å². The Labute approximate surface area is 90.2 Å². The topological polar surface area (TPSA) is 74.6 Å². The summed E-state index contributed by atoms with van der Waals surface area (Å²) in [5.74, 6) is 4.89. The summed E-state index contributed by atoms with van der Waals surface area (Å²) >= 11 is 0. The van der Waals surface area contributed by atoms with Crippen molar-refractivity contribution in [1.29, 1.82) is 0 Å². The second kappa shape index (κ2) is 6.79. The van der Waals surface area contributed by atoms with E-state index in [2.05, 4.69) is 11.8 Å². The summed E-state index contributed by atoms with van der Waals surface area (Å²) in [6, 6.07) is 0. The zero-order chi connectivity index (χ0) is 11.9. The molecule has 0 saturated carbocycles. The summed E-state index contributed by atoms with van der Waals surface area (Å²) in [5.41, 5.74) is 0. The molecule has 86 valence electrons. The first-order valence-electron chi connectivity index (χ1n) is 4.89. The molecule has 5 heteroatoms. The first kappa shape index (κ1) is 14.4. The predicted molar refractivity (Wildman–Crippen MR) is 58.4 cm³/mol. The fourth-order valence-corrected chi connectivity index (χ4v) is 1.63. The maximum atomic E-state index is 11.3. The van der Waals surface area contributed by atoms with Crippen LogP contribution in [0.1, 0.15) is 33.1 Å². The number of hydrogen-bond acceptors (Lipinski definition) is 2. The molecule has 15 heavy (non-hydrogen) atoms. The average molecular weight is 232 g/mol. The van der Waals surface area contributed by atoms with Crippen LogP contribution in [0.25, 0.3) is 0 Å². The van der Waals surface area contributed by atoms with Crippen LogP contribution in [-0.4, -0.2) is 21.7 Å². The monoisotopic (exact) mass is 232 g/mol. The van der Waals surface area contributed by atoms with Crippen LogP contribution in [0.15, 0.2) is 0 Å². The van der Waals surface area contributed by atoms with Gasteiger partial charge in [0, 0.05) is 18.8 Å². The van der Waals surface area contributed by atoms with Crippen LogP contribution in [0.5, 0.6) is 0 Å². The SMILES string of the molecule is CCCC#CCC(C)C(=O)CP(=O)(O)O. The Kier molecular flexibility index (Phi) is 6.51. The van der Waals surface area contributed by atoms with Gasteiger partial charge in [-0.1, -0.05) is 13.8 Å². The van der Waals surface area contributed by atoms with Gasteiger partial charge < -0.3 is 9.79 Å². The molecule has 0 saturated heterocycles. The van der Waals surface area contributed by atoms with Gasteiger partial charge in [0.05, 0.1) is 0 Å².